The largest absolute Gasteiger partial charge is 0.484 e. The smallest absolute Gasteiger partial charge is 0.256 e. The Morgan fingerprint density at radius 3 is 2.77 bits per heavy atom. The SMILES string of the molecule is CCNC1=CC=C(c2c(F)ccc3c2/C(=C/c2cc(C(C)=O)c[nH]2)C(=O)N3)O[C@@H]1C. The number of Topliss-reactive ketones (excluding diaryl/α,β-unsaturated/α-hetero) is 1. The van der Waals surface area contributed by atoms with Gasteiger partial charge in [0.1, 0.15) is 17.7 Å². The fraction of sp³-hybridized carbons (Fsp3) is 0.217. The van der Waals surface area contributed by atoms with Crippen LogP contribution in [0.25, 0.3) is 17.4 Å². The molecule has 1 atom stereocenters. The molecule has 1 aromatic heterocycles. The molecule has 3 heterocycles. The summed E-state index contributed by atoms with van der Waals surface area (Å²) in [5.74, 6) is -0.552. The highest BCUT2D eigenvalue weighted by molar-refractivity contribution is 6.35. The lowest BCUT2D eigenvalue weighted by Crippen LogP contribution is -2.26. The zero-order chi connectivity index (χ0) is 21.4. The van der Waals surface area contributed by atoms with Crippen LogP contribution in [-0.4, -0.2) is 29.3 Å². The minimum absolute atomic E-state index is 0.0862. The number of likely N-dealkylation sites (N-methyl/N-ethyl adjacent to an activating group) is 1. The number of hydrogen-bond donors (Lipinski definition) is 3. The molecule has 0 fully saturated rings. The molecule has 1 aromatic carbocycles. The highest BCUT2D eigenvalue weighted by atomic mass is 19.1. The molecule has 4 rings (SSSR count). The molecule has 30 heavy (non-hydrogen) atoms. The van der Waals surface area contributed by atoms with Crippen molar-refractivity contribution < 1.29 is 18.7 Å². The second-order valence-corrected chi connectivity index (χ2v) is 7.20. The van der Waals surface area contributed by atoms with Gasteiger partial charge in [-0.1, -0.05) is 0 Å². The quantitative estimate of drug-likeness (QED) is 0.515. The highest BCUT2D eigenvalue weighted by Gasteiger charge is 2.32. The van der Waals surface area contributed by atoms with Crippen LogP contribution in [0.4, 0.5) is 10.1 Å². The van der Waals surface area contributed by atoms with Crippen molar-refractivity contribution in [3.8, 4) is 0 Å². The third-order valence-electron chi connectivity index (χ3n) is 5.11. The molecule has 0 aliphatic carbocycles. The van der Waals surface area contributed by atoms with E-state index in [9.17, 15) is 14.0 Å². The number of anilines is 1. The number of rotatable bonds is 5. The van der Waals surface area contributed by atoms with Crippen molar-refractivity contribution in [3.63, 3.8) is 0 Å². The maximum absolute atomic E-state index is 15.0. The van der Waals surface area contributed by atoms with E-state index in [1.54, 1.807) is 24.4 Å². The van der Waals surface area contributed by atoms with Crippen LogP contribution in [0, 0.1) is 5.82 Å². The van der Waals surface area contributed by atoms with Crippen molar-refractivity contribution >= 4 is 34.8 Å². The van der Waals surface area contributed by atoms with Crippen molar-refractivity contribution in [2.45, 2.75) is 26.9 Å². The van der Waals surface area contributed by atoms with Crippen LogP contribution in [0.2, 0.25) is 0 Å². The molecule has 2 aromatic rings. The third-order valence-corrected chi connectivity index (χ3v) is 5.11. The lowest BCUT2D eigenvalue weighted by atomic mass is 9.96. The number of ketones is 1. The van der Waals surface area contributed by atoms with Gasteiger partial charge < -0.3 is 20.4 Å². The lowest BCUT2D eigenvalue weighted by molar-refractivity contribution is -0.110. The van der Waals surface area contributed by atoms with Crippen molar-refractivity contribution in [1.82, 2.24) is 10.3 Å². The van der Waals surface area contributed by atoms with Crippen LogP contribution in [0.15, 0.2) is 42.2 Å². The third kappa shape index (κ3) is 3.43. The van der Waals surface area contributed by atoms with Gasteiger partial charge in [-0.2, -0.15) is 0 Å². The molecule has 0 unspecified atom stereocenters. The standard InChI is InChI=1S/C23H22FN3O3/c1-4-25-18-7-8-20(30-13(18)3)22-17(24)5-6-19-21(22)16(23(29)27-19)10-15-9-14(11-26-15)12(2)28/h5-11,13,25-26H,4H2,1-3H3,(H,27,29)/b16-10-/t13-/m1/s1. The van der Waals surface area contributed by atoms with E-state index in [0.29, 0.717) is 33.8 Å². The Morgan fingerprint density at radius 2 is 2.10 bits per heavy atom. The van der Waals surface area contributed by atoms with Gasteiger partial charge in [-0.25, -0.2) is 4.39 Å². The Kier molecular flexibility index (Phi) is 5.03. The lowest BCUT2D eigenvalue weighted by Gasteiger charge is -2.25. The normalized spacial score (nSPS) is 19.0. The fourth-order valence-electron chi connectivity index (χ4n) is 3.64. The molecule has 1 amide bonds. The molecule has 0 radical (unpaired) electrons. The number of benzene rings is 1. The Hall–Kier alpha value is -3.61. The summed E-state index contributed by atoms with van der Waals surface area (Å²) in [7, 11) is 0. The Labute approximate surface area is 173 Å². The van der Waals surface area contributed by atoms with Crippen LogP contribution < -0.4 is 10.6 Å². The van der Waals surface area contributed by atoms with Gasteiger partial charge in [0.2, 0.25) is 0 Å². The zero-order valence-corrected chi connectivity index (χ0v) is 16.9. The summed E-state index contributed by atoms with van der Waals surface area (Å²) in [6, 6.07) is 4.51. The summed E-state index contributed by atoms with van der Waals surface area (Å²) >= 11 is 0. The Balaban J connectivity index is 1.83. The van der Waals surface area contributed by atoms with Crippen molar-refractivity contribution in [3.05, 3.63) is 70.4 Å². The number of amides is 1. The summed E-state index contributed by atoms with van der Waals surface area (Å²) in [5, 5.41) is 6.00. The van der Waals surface area contributed by atoms with Gasteiger partial charge in [-0.3, -0.25) is 9.59 Å². The Morgan fingerprint density at radius 1 is 1.30 bits per heavy atom. The first-order valence-electron chi connectivity index (χ1n) is 9.77. The van der Waals surface area contributed by atoms with Crippen LogP contribution in [0.1, 0.15) is 48.0 Å². The number of fused-ring (bicyclic) bond motifs is 1. The predicted molar refractivity (Wildman–Crippen MR) is 114 cm³/mol. The summed E-state index contributed by atoms with van der Waals surface area (Å²) < 4.78 is 21.0. The topological polar surface area (TPSA) is 83.2 Å². The number of carbonyl (C=O) groups excluding carboxylic acids is 2. The molecule has 6 nitrogen and oxygen atoms in total. The van der Waals surface area contributed by atoms with Gasteiger partial charge in [0, 0.05) is 29.6 Å². The summed E-state index contributed by atoms with van der Waals surface area (Å²) in [4.78, 5) is 27.2. The first kappa shape index (κ1) is 19.7. The van der Waals surface area contributed by atoms with E-state index in [2.05, 4.69) is 15.6 Å². The second kappa shape index (κ2) is 7.67. The van der Waals surface area contributed by atoms with Crippen LogP contribution in [0.3, 0.4) is 0 Å². The van der Waals surface area contributed by atoms with Crippen LogP contribution in [-0.2, 0) is 9.53 Å². The molecule has 0 bridgehead atoms. The summed E-state index contributed by atoms with van der Waals surface area (Å²) in [6.45, 7) is 6.09. The van der Waals surface area contributed by atoms with Crippen LogP contribution >= 0.6 is 0 Å². The highest BCUT2D eigenvalue weighted by Crippen LogP contribution is 2.41. The van der Waals surface area contributed by atoms with E-state index < -0.39 is 5.82 Å². The van der Waals surface area contributed by atoms with E-state index in [-0.39, 0.29) is 23.4 Å². The number of carbonyl (C=O) groups is 2. The number of ether oxygens (including phenoxy) is 1. The molecule has 7 heteroatoms. The summed E-state index contributed by atoms with van der Waals surface area (Å²) in [5.41, 5.74) is 3.48. The second-order valence-electron chi connectivity index (χ2n) is 7.20. The van der Waals surface area contributed by atoms with Gasteiger partial charge >= 0.3 is 0 Å². The molecule has 3 N–H and O–H groups in total. The number of hydrogen-bond acceptors (Lipinski definition) is 4. The molecule has 154 valence electrons. The van der Waals surface area contributed by atoms with E-state index >= 15 is 0 Å². The maximum atomic E-state index is 15.0. The molecular weight excluding hydrogens is 385 g/mol. The van der Waals surface area contributed by atoms with E-state index in [0.717, 1.165) is 12.2 Å². The van der Waals surface area contributed by atoms with Gasteiger partial charge in [0.05, 0.1) is 22.5 Å². The number of halogens is 1. The van der Waals surface area contributed by atoms with E-state index in [1.165, 1.54) is 19.1 Å². The molecule has 0 saturated heterocycles. The number of aromatic amines is 1. The monoisotopic (exact) mass is 407 g/mol. The first-order valence-corrected chi connectivity index (χ1v) is 9.77. The zero-order valence-electron chi connectivity index (χ0n) is 16.9. The van der Waals surface area contributed by atoms with Gasteiger partial charge in [0.25, 0.3) is 5.91 Å². The Bertz CT molecular complexity index is 1140. The molecule has 2 aliphatic heterocycles. The van der Waals surface area contributed by atoms with Crippen molar-refractivity contribution in [2.75, 3.05) is 11.9 Å². The predicted octanol–water partition coefficient (Wildman–Crippen LogP) is 4.10. The van der Waals surface area contributed by atoms with Gasteiger partial charge in [0.15, 0.2) is 5.78 Å². The van der Waals surface area contributed by atoms with Gasteiger partial charge in [-0.05, 0) is 57.2 Å². The first-order chi connectivity index (χ1) is 14.4. The van der Waals surface area contributed by atoms with Gasteiger partial charge in [-0.15, -0.1) is 0 Å². The minimum atomic E-state index is -0.481. The van der Waals surface area contributed by atoms with Crippen LogP contribution in [0.5, 0.6) is 0 Å². The van der Waals surface area contributed by atoms with E-state index in [1.807, 2.05) is 19.9 Å². The average molecular weight is 407 g/mol. The number of nitrogens with one attached hydrogen (secondary N) is 3. The minimum Gasteiger partial charge on any atom is -0.484 e. The van der Waals surface area contributed by atoms with E-state index in [4.69, 9.17) is 4.74 Å². The summed E-state index contributed by atoms with van der Waals surface area (Å²) in [6.07, 6.45) is 6.49. The number of H-pyrrole nitrogens is 1. The molecule has 0 saturated carbocycles. The molecule has 0 spiro atoms. The van der Waals surface area contributed by atoms with Crippen molar-refractivity contribution in [2.24, 2.45) is 0 Å². The average Bonchev–Trinajstić information content (AvgIpc) is 3.29. The molecular formula is C23H22FN3O3. The van der Waals surface area contributed by atoms with Crippen molar-refractivity contribution in [1.29, 1.82) is 0 Å². The molecule has 2 aliphatic rings. The number of allylic oxidation sites excluding steroid dienone is 2. The fourth-order valence-corrected chi connectivity index (χ4v) is 3.64. The maximum Gasteiger partial charge on any atom is 0.256 e. The number of aromatic nitrogens is 1.